The molecule has 1 aliphatic heterocycles. The molecule has 92 valence electrons. The molecule has 0 radical (unpaired) electrons. The number of hydrogen-bond acceptors (Lipinski definition) is 3. The van der Waals surface area contributed by atoms with Crippen LogP contribution in [0.15, 0.2) is 18.2 Å². The van der Waals surface area contributed by atoms with Crippen LogP contribution in [0.3, 0.4) is 0 Å². The summed E-state index contributed by atoms with van der Waals surface area (Å²) in [5.41, 5.74) is 1.95. The molecule has 0 spiro atoms. The van der Waals surface area contributed by atoms with Crippen LogP contribution in [-0.2, 0) is 16.6 Å². The number of fused-ring (bicyclic) bond motifs is 1. The Hall–Kier alpha value is -1.56. The van der Waals surface area contributed by atoms with Crippen molar-refractivity contribution in [2.24, 2.45) is 0 Å². The van der Waals surface area contributed by atoms with Crippen molar-refractivity contribution in [3.05, 3.63) is 29.3 Å². The van der Waals surface area contributed by atoms with E-state index in [9.17, 15) is 13.2 Å². The molecule has 5 nitrogen and oxygen atoms in total. The summed E-state index contributed by atoms with van der Waals surface area (Å²) in [6.07, 6.45) is 1.08. The molecule has 0 aliphatic carbocycles. The Morgan fingerprint density at radius 3 is 2.71 bits per heavy atom. The number of amides is 1. The molecule has 0 aromatic heterocycles. The monoisotopic (exact) mass is 254 g/mol. The van der Waals surface area contributed by atoms with Crippen molar-refractivity contribution in [3.8, 4) is 0 Å². The van der Waals surface area contributed by atoms with Gasteiger partial charge in [0.1, 0.15) is 0 Å². The van der Waals surface area contributed by atoms with Crippen molar-refractivity contribution in [1.82, 2.24) is 4.90 Å². The number of hydrogen-bond donors (Lipinski definition) is 1. The zero-order valence-corrected chi connectivity index (χ0v) is 10.5. The fraction of sp³-hybridized carbons (Fsp3) is 0.364. The highest BCUT2D eigenvalue weighted by Crippen LogP contribution is 2.25. The van der Waals surface area contributed by atoms with Crippen LogP contribution < -0.4 is 4.72 Å². The van der Waals surface area contributed by atoms with Crippen molar-refractivity contribution < 1.29 is 13.2 Å². The maximum Gasteiger partial charge on any atom is 0.254 e. The Morgan fingerprint density at radius 2 is 2.12 bits per heavy atom. The van der Waals surface area contributed by atoms with Crippen LogP contribution in [-0.4, -0.2) is 32.0 Å². The van der Waals surface area contributed by atoms with Crippen molar-refractivity contribution in [1.29, 1.82) is 0 Å². The minimum atomic E-state index is -3.31. The number of carbonyl (C=O) groups is 1. The van der Waals surface area contributed by atoms with Crippen molar-refractivity contribution in [2.75, 3.05) is 17.5 Å². The molecule has 1 aromatic carbocycles. The lowest BCUT2D eigenvalue weighted by Gasteiger charge is -2.10. The first kappa shape index (κ1) is 11.9. The number of rotatable bonds is 3. The summed E-state index contributed by atoms with van der Waals surface area (Å²) in [7, 11) is -3.31. The third-order valence-corrected chi connectivity index (χ3v) is 3.28. The summed E-state index contributed by atoms with van der Waals surface area (Å²) in [4.78, 5) is 13.6. The molecule has 0 fully saturated rings. The molecule has 0 atom stereocenters. The minimum Gasteiger partial charge on any atom is -0.335 e. The molecule has 6 heteroatoms. The summed E-state index contributed by atoms with van der Waals surface area (Å²) >= 11 is 0. The van der Waals surface area contributed by atoms with Gasteiger partial charge in [-0.2, -0.15) is 0 Å². The molecular formula is C11H14N2O3S. The maximum absolute atomic E-state index is 11.9. The number of carbonyl (C=O) groups excluding carboxylic acids is 1. The van der Waals surface area contributed by atoms with Gasteiger partial charge in [-0.25, -0.2) is 8.42 Å². The highest BCUT2D eigenvalue weighted by Gasteiger charge is 2.26. The average Bonchev–Trinajstić information content (AvgIpc) is 2.53. The molecule has 1 aliphatic rings. The van der Waals surface area contributed by atoms with E-state index in [0.717, 1.165) is 11.8 Å². The van der Waals surface area contributed by atoms with E-state index in [1.807, 2.05) is 6.92 Å². The van der Waals surface area contributed by atoms with E-state index in [-0.39, 0.29) is 5.91 Å². The first-order chi connectivity index (χ1) is 7.90. The summed E-state index contributed by atoms with van der Waals surface area (Å²) in [6.45, 7) is 3.17. The maximum atomic E-state index is 11.9. The van der Waals surface area contributed by atoms with Gasteiger partial charge in [0, 0.05) is 24.3 Å². The van der Waals surface area contributed by atoms with Crippen molar-refractivity contribution in [2.45, 2.75) is 13.5 Å². The molecule has 0 unspecified atom stereocenters. The van der Waals surface area contributed by atoms with Crippen molar-refractivity contribution >= 4 is 21.6 Å². The topological polar surface area (TPSA) is 66.5 Å². The molecular weight excluding hydrogens is 240 g/mol. The first-order valence-electron chi connectivity index (χ1n) is 5.30. The normalized spacial score (nSPS) is 14.9. The third-order valence-electron chi connectivity index (χ3n) is 2.67. The molecule has 0 bridgehead atoms. The van der Waals surface area contributed by atoms with Crippen LogP contribution in [0.2, 0.25) is 0 Å². The van der Waals surface area contributed by atoms with Crippen LogP contribution in [0.25, 0.3) is 0 Å². The van der Waals surface area contributed by atoms with Crippen LogP contribution in [0.1, 0.15) is 22.8 Å². The van der Waals surface area contributed by atoms with Gasteiger partial charge in [-0.15, -0.1) is 0 Å². The Labute approximate surface area is 100 Å². The zero-order chi connectivity index (χ0) is 12.6. The summed E-state index contributed by atoms with van der Waals surface area (Å²) in [5, 5.41) is 0. The predicted molar refractivity (Wildman–Crippen MR) is 65.3 cm³/mol. The Kier molecular flexibility index (Phi) is 2.82. The van der Waals surface area contributed by atoms with Gasteiger partial charge in [0.15, 0.2) is 0 Å². The second kappa shape index (κ2) is 4.03. The van der Waals surface area contributed by atoms with E-state index in [1.165, 1.54) is 0 Å². The van der Waals surface area contributed by atoms with E-state index < -0.39 is 10.0 Å². The van der Waals surface area contributed by atoms with Crippen LogP contribution in [0.4, 0.5) is 5.69 Å². The van der Waals surface area contributed by atoms with Crippen LogP contribution >= 0.6 is 0 Å². The molecule has 1 N–H and O–H groups in total. The molecule has 0 saturated carbocycles. The summed E-state index contributed by atoms with van der Waals surface area (Å²) < 4.78 is 24.6. The van der Waals surface area contributed by atoms with E-state index in [0.29, 0.717) is 24.3 Å². The quantitative estimate of drug-likeness (QED) is 0.876. The lowest BCUT2D eigenvalue weighted by atomic mass is 10.1. The minimum absolute atomic E-state index is 0.0420. The third kappa shape index (κ3) is 2.41. The average molecular weight is 254 g/mol. The zero-order valence-electron chi connectivity index (χ0n) is 9.73. The van der Waals surface area contributed by atoms with Gasteiger partial charge in [0.2, 0.25) is 10.0 Å². The fourth-order valence-corrected chi connectivity index (χ4v) is 2.45. The SMILES string of the molecule is CCN1Cc2ccc(NS(C)(=O)=O)cc2C1=O. The standard InChI is InChI=1S/C11H14N2O3S/c1-3-13-7-8-4-5-9(12-17(2,15)16)6-10(8)11(13)14/h4-6,12H,3,7H2,1-2H3. The smallest absolute Gasteiger partial charge is 0.254 e. The predicted octanol–water partition coefficient (Wildman–Crippen LogP) is 1.03. The fourth-order valence-electron chi connectivity index (χ4n) is 1.89. The van der Waals surface area contributed by atoms with Gasteiger partial charge in [-0.05, 0) is 24.6 Å². The largest absolute Gasteiger partial charge is 0.335 e. The number of anilines is 1. The van der Waals surface area contributed by atoms with Crippen LogP contribution in [0, 0.1) is 0 Å². The highest BCUT2D eigenvalue weighted by atomic mass is 32.2. The van der Waals surface area contributed by atoms with Crippen LogP contribution in [0.5, 0.6) is 0 Å². The summed E-state index contributed by atoms with van der Waals surface area (Å²) in [5.74, 6) is -0.0420. The summed E-state index contributed by atoms with van der Waals surface area (Å²) in [6, 6.07) is 5.05. The lowest BCUT2D eigenvalue weighted by molar-refractivity contribution is 0.0787. The van der Waals surface area contributed by atoms with Gasteiger partial charge in [-0.3, -0.25) is 9.52 Å². The van der Waals surface area contributed by atoms with E-state index in [2.05, 4.69) is 4.72 Å². The Balaban J connectivity index is 2.34. The van der Waals surface area contributed by atoms with Gasteiger partial charge in [0.05, 0.1) is 6.26 Å². The van der Waals surface area contributed by atoms with Gasteiger partial charge in [0.25, 0.3) is 5.91 Å². The molecule has 1 heterocycles. The first-order valence-corrected chi connectivity index (χ1v) is 7.20. The number of nitrogens with one attached hydrogen (secondary N) is 1. The lowest BCUT2D eigenvalue weighted by Crippen LogP contribution is -2.23. The second-order valence-corrected chi connectivity index (χ2v) is 5.81. The van der Waals surface area contributed by atoms with E-state index >= 15 is 0 Å². The molecule has 1 aromatic rings. The second-order valence-electron chi connectivity index (χ2n) is 4.07. The molecule has 0 saturated heterocycles. The van der Waals surface area contributed by atoms with Crippen molar-refractivity contribution in [3.63, 3.8) is 0 Å². The number of nitrogens with zero attached hydrogens (tertiary/aromatic N) is 1. The number of benzene rings is 1. The van der Waals surface area contributed by atoms with Gasteiger partial charge < -0.3 is 4.90 Å². The Bertz CT molecular complexity index is 566. The number of sulfonamides is 1. The van der Waals surface area contributed by atoms with E-state index in [4.69, 9.17) is 0 Å². The van der Waals surface area contributed by atoms with Gasteiger partial charge in [-0.1, -0.05) is 6.07 Å². The Morgan fingerprint density at radius 1 is 1.41 bits per heavy atom. The van der Waals surface area contributed by atoms with Gasteiger partial charge >= 0.3 is 0 Å². The highest BCUT2D eigenvalue weighted by molar-refractivity contribution is 7.92. The molecule has 1 amide bonds. The molecule has 2 rings (SSSR count). The van der Waals surface area contributed by atoms with E-state index in [1.54, 1.807) is 23.1 Å². The molecule has 17 heavy (non-hydrogen) atoms.